The van der Waals surface area contributed by atoms with E-state index in [1.165, 1.54) is 0 Å². The van der Waals surface area contributed by atoms with Crippen LogP contribution in [-0.2, 0) is 4.74 Å². The van der Waals surface area contributed by atoms with E-state index in [1.807, 2.05) is 0 Å². The number of piperidine rings is 1. The highest BCUT2D eigenvalue weighted by atomic mass is 35.5. The highest BCUT2D eigenvalue weighted by molar-refractivity contribution is 6.33. The Morgan fingerprint density at radius 1 is 1.25 bits per heavy atom. The Hall–Kier alpha value is -1.37. The van der Waals surface area contributed by atoms with E-state index in [4.69, 9.17) is 21.4 Å². The number of carboxylic acids is 1. The third kappa shape index (κ3) is 3.82. The number of ether oxygens (including phenoxy) is 1. The van der Waals surface area contributed by atoms with Gasteiger partial charge in [-0.05, 0) is 38.8 Å². The Bertz CT molecular complexity index is 595. The number of aromatic carboxylic acids is 1. The molecule has 0 amide bonds. The van der Waals surface area contributed by atoms with Crippen LogP contribution in [0, 0.1) is 0 Å². The molecule has 2 saturated heterocycles. The lowest BCUT2D eigenvalue weighted by Crippen LogP contribution is -2.53. The smallest absolute Gasteiger partial charge is 0.356 e. The van der Waals surface area contributed by atoms with Crippen molar-refractivity contribution in [3.8, 4) is 0 Å². The van der Waals surface area contributed by atoms with Gasteiger partial charge in [0.15, 0.2) is 5.69 Å². The fourth-order valence-corrected chi connectivity index (χ4v) is 3.92. The van der Waals surface area contributed by atoms with Crippen molar-refractivity contribution in [3.63, 3.8) is 0 Å². The van der Waals surface area contributed by atoms with E-state index < -0.39 is 5.97 Å². The van der Waals surface area contributed by atoms with Gasteiger partial charge in [0.2, 0.25) is 0 Å². The van der Waals surface area contributed by atoms with Gasteiger partial charge in [0.05, 0.1) is 17.2 Å². The van der Waals surface area contributed by atoms with Gasteiger partial charge in [0.25, 0.3) is 0 Å². The minimum absolute atomic E-state index is 0.0767. The molecule has 7 heteroatoms. The van der Waals surface area contributed by atoms with E-state index in [-0.39, 0.29) is 22.9 Å². The van der Waals surface area contributed by atoms with Crippen LogP contribution in [0.5, 0.6) is 0 Å². The molecule has 0 aliphatic carbocycles. The summed E-state index contributed by atoms with van der Waals surface area (Å²) in [5.74, 6) is -0.396. The van der Waals surface area contributed by atoms with E-state index in [2.05, 4.69) is 28.6 Å². The van der Waals surface area contributed by atoms with Crippen LogP contribution in [0.4, 0.5) is 5.82 Å². The molecule has 3 heterocycles. The second-order valence-electron chi connectivity index (χ2n) is 6.73. The maximum absolute atomic E-state index is 11.2. The summed E-state index contributed by atoms with van der Waals surface area (Å²) in [7, 11) is 0. The van der Waals surface area contributed by atoms with E-state index in [1.54, 1.807) is 12.1 Å². The number of pyridine rings is 1. The number of carboxylic acid groups (broad SMARTS) is 1. The van der Waals surface area contributed by atoms with Crippen LogP contribution in [0.3, 0.4) is 0 Å². The number of nitrogens with zero attached hydrogens (tertiary/aromatic N) is 3. The van der Waals surface area contributed by atoms with Gasteiger partial charge in [-0.3, -0.25) is 4.90 Å². The Kier molecular flexibility index (Phi) is 5.27. The summed E-state index contributed by atoms with van der Waals surface area (Å²) in [6.45, 7) is 7.97. The summed E-state index contributed by atoms with van der Waals surface area (Å²) in [6.07, 6.45) is 2.66. The molecule has 0 aromatic carbocycles. The minimum atomic E-state index is -1.09. The molecule has 2 aliphatic rings. The Labute approximate surface area is 147 Å². The molecule has 2 aliphatic heterocycles. The van der Waals surface area contributed by atoms with Crippen LogP contribution in [-0.4, -0.2) is 65.4 Å². The molecule has 3 rings (SSSR count). The van der Waals surface area contributed by atoms with Crippen LogP contribution in [0.1, 0.15) is 37.2 Å². The molecule has 2 atom stereocenters. The van der Waals surface area contributed by atoms with Crippen LogP contribution >= 0.6 is 11.6 Å². The van der Waals surface area contributed by atoms with Crippen LogP contribution in [0.15, 0.2) is 12.1 Å². The fraction of sp³-hybridized carbons (Fsp3) is 0.647. The molecule has 0 bridgehead atoms. The maximum atomic E-state index is 11.2. The van der Waals surface area contributed by atoms with Crippen molar-refractivity contribution in [1.82, 2.24) is 9.88 Å². The van der Waals surface area contributed by atoms with Crippen LogP contribution < -0.4 is 4.90 Å². The summed E-state index contributed by atoms with van der Waals surface area (Å²) in [6, 6.07) is 3.97. The average molecular weight is 354 g/mol. The molecule has 0 unspecified atom stereocenters. The predicted molar refractivity (Wildman–Crippen MR) is 93.0 cm³/mol. The number of carbonyl (C=O) groups is 1. The summed E-state index contributed by atoms with van der Waals surface area (Å²) >= 11 is 5.90. The lowest BCUT2D eigenvalue weighted by atomic mass is 10.0. The molecule has 0 spiro atoms. The SMILES string of the molecule is C[C@@H]1CN(C2CCN(c3ccc(Cl)c(C(=O)O)n3)CC2)C[C@H](C)O1. The van der Waals surface area contributed by atoms with Crippen LogP contribution in [0.2, 0.25) is 5.02 Å². The molecule has 1 aromatic heterocycles. The van der Waals surface area contributed by atoms with Crippen molar-refractivity contribution in [2.24, 2.45) is 0 Å². The van der Waals surface area contributed by atoms with Gasteiger partial charge in [-0.15, -0.1) is 0 Å². The van der Waals surface area contributed by atoms with Gasteiger partial charge < -0.3 is 14.7 Å². The molecule has 1 aromatic rings. The standard InChI is InChI=1S/C17H24ClN3O3/c1-11-9-21(10-12(2)24-11)13-5-7-20(8-6-13)15-4-3-14(18)16(19-15)17(22)23/h3-4,11-13H,5-10H2,1-2H3,(H,22,23)/t11-,12+. The topological polar surface area (TPSA) is 65.9 Å². The quantitative estimate of drug-likeness (QED) is 0.900. The molecule has 0 radical (unpaired) electrons. The highest BCUT2D eigenvalue weighted by Crippen LogP contribution is 2.25. The van der Waals surface area contributed by atoms with E-state index in [0.29, 0.717) is 11.9 Å². The molecule has 24 heavy (non-hydrogen) atoms. The number of rotatable bonds is 3. The van der Waals surface area contributed by atoms with Crippen molar-refractivity contribution in [1.29, 1.82) is 0 Å². The average Bonchev–Trinajstić information content (AvgIpc) is 2.54. The maximum Gasteiger partial charge on any atom is 0.356 e. The minimum Gasteiger partial charge on any atom is -0.476 e. The van der Waals surface area contributed by atoms with Gasteiger partial charge in [-0.2, -0.15) is 0 Å². The molecular weight excluding hydrogens is 330 g/mol. The summed E-state index contributed by atoms with van der Waals surface area (Å²) in [5, 5.41) is 9.34. The second kappa shape index (κ2) is 7.25. The lowest BCUT2D eigenvalue weighted by molar-refractivity contribution is -0.0826. The third-order valence-corrected chi connectivity index (χ3v) is 5.09. The zero-order chi connectivity index (χ0) is 17.3. The Morgan fingerprint density at radius 2 is 1.88 bits per heavy atom. The number of morpholine rings is 1. The van der Waals surface area contributed by atoms with Gasteiger partial charge in [0, 0.05) is 32.2 Å². The largest absolute Gasteiger partial charge is 0.476 e. The van der Waals surface area contributed by atoms with E-state index in [0.717, 1.165) is 39.0 Å². The number of hydrogen-bond acceptors (Lipinski definition) is 5. The van der Waals surface area contributed by atoms with Gasteiger partial charge >= 0.3 is 5.97 Å². The van der Waals surface area contributed by atoms with E-state index in [9.17, 15) is 4.79 Å². The Morgan fingerprint density at radius 3 is 2.46 bits per heavy atom. The number of aromatic nitrogens is 1. The number of anilines is 1. The number of hydrogen-bond donors (Lipinski definition) is 1. The van der Waals surface area contributed by atoms with Crippen molar-refractivity contribution in [2.45, 2.75) is 44.9 Å². The zero-order valence-corrected chi connectivity index (χ0v) is 14.9. The zero-order valence-electron chi connectivity index (χ0n) is 14.1. The lowest BCUT2D eigenvalue weighted by Gasteiger charge is -2.43. The molecular formula is C17H24ClN3O3. The van der Waals surface area contributed by atoms with Crippen molar-refractivity contribution >= 4 is 23.4 Å². The normalized spacial score (nSPS) is 26.5. The molecule has 6 nitrogen and oxygen atoms in total. The second-order valence-corrected chi connectivity index (χ2v) is 7.14. The molecule has 2 fully saturated rings. The highest BCUT2D eigenvalue weighted by Gasteiger charge is 2.30. The van der Waals surface area contributed by atoms with Gasteiger partial charge in [-0.25, -0.2) is 9.78 Å². The first-order valence-corrected chi connectivity index (χ1v) is 8.86. The van der Waals surface area contributed by atoms with Gasteiger partial charge in [-0.1, -0.05) is 11.6 Å². The van der Waals surface area contributed by atoms with Crippen molar-refractivity contribution in [2.75, 3.05) is 31.1 Å². The first-order valence-electron chi connectivity index (χ1n) is 8.48. The van der Waals surface area contributed by atoms with Crippen molar-refractivity contribution in [3.05, 3.63) is 22.8 Å². The van der Waals surface area contributed by atoms with Crippen molar-refractivity contribution < 1.29 is 14.6 Å². The monoisotopic (exact) mass is 353 g/mol. The first kappa shape index (κ1) is 17.5. The Balaban J connectivity index is 1.63. The summed E-state index contributed by atoms with van der Waals surface area (Å²) in [4.78, 5) is 20.1. The predicted octanol–water partition coefficient (Wildman–Crippen LogP) is 2.51. The molecule has 0 saturated carbocycles. The fourth-order valence-electron chi connectivity index (χ4n) is 3.73. The molecule has 1 N–H and O–H groups in total. The van der Waals surface area contributed by atoms with Gasteiger partial charge in [0.1, 0.15) is 5.82 Å². The number of halogens is 1. The van der Waals surface area contributed by atoms with E-state index >= 15 is 0 Å². The summed E-state index contributed by atoms with van der Waals surface area (Å²) < 4.78 is 5.81. The van der Waals surface area contributed by atoms with Crippen LogP contribution in [0.25, 0.3) is 0 Å². The molecule has 132 valence electrons. The first-order chi connectivity index (χ1) is 11.4. The summed E-state index contributed by atoms with van der Waals surface area (Å²) in [5.41, 5.74) is -0.0767. The third-order valence-electron chi connectivity index (χ3n) is 4.79.